The number of nitrogens with one attached hydrogen (secondary N) is 1. The summed E-state index contributed by atoms with van der Waals surface area (Å²) in [5.74, 6) is 1.11. The number of carbonyl (C=O) groups excluding carboxylic acids is 2. The zero-order chi connectivity index (χ0) is 19.6. The average Bonchev–Trinajstić information content (AvgIpc) is 3.22. The van der Waals surface area contributed by atoms with Crippen LogP contribution >= 0.6 is 11.6 Å². The minimum Gasteiger partial charge on any atom is -0.398 e. The fourth-order valence-corrected chi connectivity index (χ4v) is 4.14. The second-order valence-corrected chi connectivity index (χ2v) is 9.14. The van der Waals surface area contributed by atoms with E-state index in [9.17, 15) is 9.59 Å². The Morgan fingerprint density at radius 1 is 1.37 bits per heavy atom. The number of nitrogen functional groups attached to an aromatic ring is 1. The highest BCUT2D eigenvalue weighted by atomic mass is 35.5. The Bertz CT molecular complexity index is 719. The molecule has 3 rings (SSSR count). The van der Waals surface area contributed by atoms with Gasteiger partial charge in [-0.2, -0.15) is 0 Å². The molecule has 1 saturated carbocycles. The summed E-state index contributed by atoms with van der Waals surface area (Å²) < 4.78 is 0. The van der Waals surface area contributed by atoms with E-state index in [1.165, 1.54) is 0 Å². The fourth-order valence-electron chi connectivity index (χ4n) is 3.96. The van der Waals surface area contributed by atoms with Gasteiger partial charge in [-0.25, -0.2) is 0 Å². The van der Waals surface area contributed by atoms with E-state index in [1.807, 2.05) is 4.90 Å². The number of anilines is 1. The minimum atomic E-state index is 0.00148. The van der Waals surface area contributed by atoms with Gasteiger partial charge in [0, 0.05) is 31.6 Å². The molecule has 5 nitrogen and oxygen atoms in total. The summed E-state index contributed by atoms with van der Waals surface area (Å²) in [7, 11) is 0. The lowest BCUT2D eigenvalue weighted by Gasteiger charge is -2.33. The molecule has 3 N–H and O–H groups in total. The first-order chi connectivity index (χ1) is 12.8. The molecule has 2 atom stereocenters. The Morgan fingerprint density at radius 3 is 2.78 bits per heavy atom. The first kappa shape index (κ1) is 20.0. The molecule has 1 aromatic rings. The number of piperidine rings is 1. The van der Waals surface area contributed by atoms with Gasteiger partial charge in [-0.15, -0.1) is 0 Å². The zero-order valence-corrected chi connectivity index (χ0v) is 17.0. The van der Waals surface area contributed by atoms with Gasteiger partial charge in [-0.05, 0) is 61.1 Å². The summed E-state index contributed by atoms with van der Waals surface area (Å²) in [5, 5.41) is 3.47. The van der Waals surface area contributed by atoms with Crippen LogP contribution in [0.5, 0.6) is 0 Å². The molecule has 0 aromatic heterocycles. The van der Waals surface area contributed by atoms with Gasteiger partial charge in [0.25, 0.3) is 5.91 Å². The number of likely N-dealkylation sites (tertiary alicyclic amines) is 1. The van der Waals surface area contributed by atoms with Crippen molar-refractivity contribution in [1.82, 2.24) is 10.2 Å². The highest BCUT2D eigenvalue weighted by molar-refractivity contribution is 6.33. The topological polar surface area (TPSA) is 75.4 Å². The van der Waals surface area contributed by atoms with E-state index in [1.54, 1.807) is 18.2 Å². The van der Waals surface area contributed by atoms with Crippen LogP contribution in [0, 0.1) is 17.3 Å². The molecule has 0 bridgehead atoms. The monoisotopic (exact) mass is 391 g/mol. The molecule has 1 aromatic carbocycles. The molecule has 2 fully saturated rings. The highest BCUT2D eigenvalue weighted by Crippen LogP contribution is 2.53. The van der Waals surface area contributed by atoms with Crippen LogP contribution in [0.4, 0.5) is 5.69 Å². The number of benzene rings is 1. The average molecular weight is 392 g/mol. The summed E-state index contributed by atoms with van der Waals surface area (Å²) in [5.41, 5.74) is 7.13. The van der Waals surface area contributed by atoms with Crippen LogP contribution < -0.4 is 11.1 Å². The Morgan fingerprint density at radius 2 is 2.11 bits per heavy atom. The van der Waals surface area contributed by atoms with Crippen LogP contribution in [0.1, 0.15) is 56.3 Å². The highest BCUT2D eigenvalue weighted by Gasteiger charge is 2.46. The molecule has 1 saturated heterocycles. The number of hydrogen-bond acceptors (Lipinski definition) is 3. The van der Waals surface area contributed by atoms with Gasteiger partial charge in [0.05, 0.1) is 10.7 Å². The third-order valence-corrected chi connectivity index (χ3v) is 6.41. The van der Waals surface area contributed by atoms with Gasteiger partial charge in [-0.3, -0.25) is 9.59 Å². The van der Waals surface area contributed by atoms with Crippen molar-refractivity contribution in [3.05, 3.63) is 28.8 Å². The Hall–Kier alpha value is -1.75. The van der Waals surface area contributed by atoms with E-state index in [0.29, 0.717) is 46.5 Å². The fraction of sp³-hybridized carbons (Fsp3) is 0.619. The van der Waals surface area contributed by atoms with Crippen molar-refractivity contribution in [2.75, 3.05) is 25.4 Å². The van der Waals surface area contributed by atoms with Crippen LogP contribution in [0.2, 0.25) is 5.02 Å². The molecule has 2 unspecified atom stereocenters. The maximum absolute atomic E-state index is 12.7. The number of halogens is 1. The maximum Gasteiger partial charge on any atom is 0.253 e. The van der Waals surface area contributed by atoms with Crippen molar-refractivity contribution in [2.24, 2.45) is 17.3 Å². The molecule has 1 heterocycles. The number of amides is 2. The molecule has 2 aliphatic rings. The van der Waals surface area contributed by atoms with Crippen LogP contribution in [0.3, 0.4) is 0 Å². The lowest BCUT2D eigenvalue weighted by molar-refractivity contribution is -0.121. The van der Waals surface area contributed by atoms with E-state index in [4.69, 9.17) is 17.3 Å². The van der Waals surface area contributed by atoms with Crippen LogP contribution in [-0.2, 0) is 4.79 Å². The Kier molecular flexibility index (Phi) is 5.99. The summed E-state index contributed by atoms with van der Waals surface area (Å²) in [4.78, 5) is 26.7. The van der Waals surface area contributed by atoms with Crippen molar-refractivity contribution < 1.29 is 9.59 Å². The SMILES string of the molecule is CC1(C)CC1CC(=O)NCCC1CCCN(C(=O)c2ccc(N)c(Cl)c2)C1. The van der Waals surface area contributed by atoms with Gasteiger partial charge in [-0.1, -0.05) is 25.4 Å². The zero-order valence-electron chi connectivity index (χ0n) is 16.3. The van der Waals surface area contributed by atoms with Gasteiger partial charge in [0.1, 0.15) is 0 Å². The van der Waals surface area contributed by atoms with Crippen molar-refractivity contribution in [2.45, 2.75) is 46.0 Å². The second-order valence-electron chi connectivity index (χ2n) is 8.73. The van der Waals surface area contributed by atoms with E-state index >= 15 is 0 Å². The summed E-state index contributed by atoms with van der Waals surface area (Å²) >= 11 is 6.05. The normalized spacial score (nSPS) is 23.7. The van der Waals surface area contributed by atoms with E-state index in [0.717, 1.165) is 38.8 Å². The third kappa shape index (κ3) is 5.16. The molecular formula is C21H30ClN3O2. The number of nitrogens with two attached hydrogens (primary N) is 1. The Balaban J connectivity index is 1.44. The quantitative estimate of drug-likeness (QED) is 0.725. The summed E-state index contributed by atoms with van der Waals surface area (Å²) in [6.07, 6.45) is 4.78. The predicted octanol–water partition coefficient (Wildman–Crippen LogP) is 3.72. The first-order valence-corrected chi connectivity index (χ1v) is 10.2. The third-order valence-electron chi connectivity index (χ3n) is 6.08. The second kappa shape index (κ2) is 8.09. The van der Waals surface area contributed by atoms with E-state index < -0.39 is 0 Å². The molecule has 1 aliphatic carbocycles. The predicted molar refractivity (Wildman–Crippen MR) is 109 cm³/mol. The molecule has 6 heteroatoms. The van der Waals surface area contributed by atoms with Crippen LogP contribution in [0.15, 0.2) is 18.2 Å². The summed E-state index contributed by atoms with van der Waals surface area (Å²) in [6.45, 7) is 6.61. The van der Waals surface area contributed by atoms with Gasteiger partial charge in [0.15, 0.2) is 0 Å². The van der Waals surface area contributed by atoms with E-state index in [2.05, 4.69) is 19.2 Å². The van der Waals surface area contributed by atoms with Gasteiger partial charge in [0.2, 0.25) is 5.91 Å². The summed E-state index contributed by atoms with van der Waals surface area (Å²) in [6, 6.07) is 5.04. The van der Waals surface area contributed by atoms with Crippen LogP contribution in [0.25, 0.3) is 0 Å². The van der Waals surface area contributed by atoms with Crippen molar-refractivity contribution in [3.8, 4) is 0 Å². The lowest BCUT2D eigenvalue weighted by Crippen LogP contribution is -2.41. The number of rotatable bonds is 6. The molecule has 0 spiro atoms. The molecular weight excluding hydrogens is 362 g/mol. The number of nitrogens with zero attached hydrogens (tertiary/aromatic N) is 1. The molecule has 27 heavy (non-hydrogen) atoms. The van der Waals surface area contributed by atoms with Gasteiger partial charge >= 0.3 is 0 Å². The number of carbonyl (C=O) groups is 2. The van der Waals surface area contributed by atoms with Crippen molar-refractivity contribution >= 4 is 29.1 Å². The largest absolute Gasteiger partial charge is 0.398 e. The first-order valence-electron chi connectivity index (χ1n) is 9.87. The Labute approximate surface area is 166 Å². The molecule has 1 aliphatic heterocycles. The van der Waals surface area contributed by atoms with Crippen molar-refractivity contribution in [3.63, 3.8) is 0 Å². The number of hydrogen-bond donors (Lipinski definition) is 2. The minimum absolute atomic E-state index is 0.00148. The standard InChI is InChI=1S/C21H30ClN3O2/c1-21(2)12-16(21)11-19(26)24-8-7-14-4-3-9-25(13-14)20(27)15-5-6-18(23)17(22)10-15/h5-6,10,14,16H,3-4,7-9,11-13,23H2,1-2H3,(H,24,26). The van der Waals surface area contributed by atoms with Crippen molar-refractivity contribution in [1.29, 1.82) is 0 Å². The molecule has 148 valence electrons. The molecule has 2 amide bonds. The van der Waals surface area contributed by atoms with Crippen LogP contribution in [-0.4, -0.2) is 36.3 Å². The maximum atomic E-state index is 12.7. The van der Waals surface area contributed by atoms with E-state index in [-0.39, 0.29) is 11.8 Å². The smallest absolute Gasteiger partial charge is 0.253 e. The van der Waals surface area contributed by atoms with Gasteiger partial charge < -0.3 is 16.0 Å². The lowest BCUT2D eigenvalue weighted by atomic mass is 9.94. The molecule has 0 radical (unpaired) electrons.